The molecule has 1 aliphatic rings. The minimum atomic E-state index is -0.166. The molecule has 1 saturated heterocycles. The van der Waals surface area contributed by atoms with Crippen LogP contribution in [0, 0.1) is 6.92 Å². The van der Waals surface area contributed by atoms with Gasteiger partial charge in [-0.2, -0.15) is 9.61 Å². The molecule has 1 aromatic carbocycles. The van der Waals surface area contributed by atoms with Gasteiger partial charge in [0, 0.05) is 24.8 Å². The highest BCUT2D eigenvalue weighted by Gasteiger charge is 2.23. The minimum absolute atomic E-state index is 0.166. The first-order chi connectivity index (χ1) is 14.6. The smallest absolute Gasteiger partial charge is 0.275 e. The van der Waals surface area contributed by atoms with Crippen molar-refractivity contribution in [3.8, 4) is 5.69 Å². The Morgan fingerprint density at radius 2 is 2.00 bits per heavy atom. The van der Waals surface area contributed by atoms with Gasteiger partial charge >= 0.3 is 0 Å². The molecular weight excluding hydrogens is 442 g/mol. The van der Waals surface area contributed by atoms with Gasteiger partial charge in [-0.25, -0.2) is 4.98 Å². The molecule has 154 valence electrons. The number of hydrogen-bond acceptors (Lipinski definition) is 8. The summed E-state index contributed by atoms with van der Waals surface area (Å²) in [6.45, 7) is 3.72. The van der Waals surface area contributed by atoms with E-state index in [1.165, 1.54) is 33.7 Å². The van der Waals surface area contributed by atoms with E-state index in [1.807, 2.05) is 35.8 Å². The van der Waals surface area contributed by atoms with Crippen molar-refractivity contribution in [2.24, 2.45) is 0 Å². The van der Waals surface area contributed by atoms with Crippen molar-refractivity contribution >= 4 is 45.6 Å². The van der Waals surface area contributed by atoms with Crippen LogP contribution in [0.4, 0.5) is 5.95 Å². The van der Waals surface area contributed by atoms with Gasteiger partial charge in [-0.05, 0) is 31.9 Å². The predicted molar refractivity (Wildman–Crippen MR) is 119 cm³/mol. The monoisotopic (exact) mass is 459 g/mol. The number of benzene rings is 1. The van der Waals surface area contributed by atoms with Crippen molar-refractivity contribution in [1.29, 1.82) is 0 Å². The number of hydrogen-bond donors (Lipinski definition) is 0. The fourth-order valence-corrected chi connectivity index (χ4v) is 5.56. The van der Waals surface area contributed by atoms with Crippen molar-refractivity contribution in [2.45, 2.75) is 30.7 Å². The highest BCUT2D eigenvalue weighted by Crippen LogP contribution is 2.33. The zero-order chi connectivity index (χ0) is 20.7. The molecule has 4 heterocycles. The summed E-state index contributed by atoms with van der Waals surface area (Å²) >= 11 is 9.43. The average Bonchev–Trinajstić information content (AvgIpc) is 3.46. The van der Waals surface area contributed by atoms with Crippen LogP contribution < -0.4 is 10.5 Å². The molecule has 0 atom stereocenters. The van der Waals surface area contributed by atoms with Gasteiger partial charge in [0.1, 0.15) is 5.01 Å². The van der Waals surface area contributed by atoms with Crippen molar-refractivity contribution in [3.05, 3.63) is 56.4 Å². The van der Waals surface area contributed by atoms with Gasteiger partial charge in [-0.15, -0.1) is 10.2 Å². The Balaban J connectivity index is 1.49. The standard InChI is InChI=1S/C19H18ClN7OS2/c1-12-10-16(28)27-18(21-12)30-15(24-27)11-29-19-23-22-17(25-8-4-5-9-25)26(19)14-7-3-2-6-13(14)20/h2-3,6-7,10H,4-5,8-9,11H2,1H3. The molecule has 4 aromatic rings. The van der Waals surface area contributed by atoms with E-state index >= 15 is 0 Å². The first kappa shape index (κ1) is 19.5. The van der Waals surface area contributed by atoms with Gasteiger partial charge in [0.2, 0.25) is 10.9 Å². The maximum Gasteiger partial charge on any atom is 0.275 e. The number of rotatable bonds is 5. The minimum Gasteiger partial charge on any atom is -0.341 e. The molecular formula is C19H18ClN7OS2. The lowest BCUT2D eigenvalue weighted by Gasteiger charge is -2.18. The molecule has 11 heteroatoms. The van der Waals surface area contributed by atoms with E-state index in [1.54, 1.807) is 0 Å². The summed E-state index contributed by atoms with van der Waals surface area (Å²) in [7, 11) is 0. The van der Waals surface area contributed by atoms with Crippen LogP contribution in [0.2, 0.25) is 5.02 Å². The number of anilines is 1. The maximum absolute atomic E-state index is 12.1. The molecule has 0 spiro atoms. The number of para-hydroxylation sites is 1. The summed E-state index contributed by atoms with van der Waals surface area (Å²) in [5, 5.41) is 15.5. The van der Waals surface area contributed by atoms with Crippen LogP contribution in [0.1, 0.15) is 23.5 Å². The lowest BCUT2D eigenvalue weighted by atomic mass is 10.3. The Morgan fingerprint density at radius 1 is 1.20 bits per heavy atom. The van der Waals surface area contributed by atoms with E-state index in [0.29, 0.717) is 21.4 Å². The molecule has 0 amide bonds. The molecule has 0 bridgehead atoms. The van der Waals surface area contributed by atoms with Crippen molar-refractivity contribution in [2.75, 3.05) is 18.0 Å². The SMILES string of the molecule is Cc1cc(=O)n2nc(CSc3nnc(N4CCCC4)n3-c3ccccc3Cl)sc2n1. The second kappa shape index (κ2) is 8.01. The van der Waals surface area contributed by atoms with Crippen molar-refractivity contribution in [3.63, 3.8) is 0 Å². The number of aromatic nitrogens is 6. The van der Waals surface area contributed by atoms with Gasteiger partial charge in [0.05, 0.1) is 16.5 Å². The second-order valence-corrected chi connectivity index (χ2v) is 9.37. The number of nitrogens with zero attached hydrogens (tertiary/aromatic N) is 7. The van der Waals surface area contributed by atoms with E-state index < -0.39 is 0 Å². The molecule has 0 N–H and O–H groups in total. The van der Waals surface area contributed by atoms with E-state index in [4.69, 9.17) is 11.6 Å². The van der Waals surface area contributed by atoms with Crippen LogP contribution >= 0.6 is 34.7 Å². The third-order valence-corrected chi connectivity index (χ3v) is 7.19. The highest BCUT2D eigenvalue weighted by atomic mass is 35.5. The third-order valence-electron chi connectivity index (χ3n) is 4.84. The summed E-state index contributed by atoms with van der Waals surface area (Å²) < 4.78 is 3.36. The maximum atomic E-state index is 12.1. The van der Waals surface area contributed by atoms with Gasteiger partial charge in [0.15, 0.2) is 5.16 Å². The van der Waals surface area contributed by atoms with E-state index in [2.05, 4.69) is 25.2 Å². The molecule has 5 rings (SSSR count). The molecule has 0 radical (unpaired) electrons. The Labute approximate surface area is 185 Å². The number of halogens is 1. The highest BCUT2D eigenvalue weighted by molar-refractivity contribution is 7.98. The van der Waals surface area contributed by atoms with Crippen LogP contribution in [-0.4, -0.2) is 42.5 Å². The summed E-state index contributed by atoms with van der Waals surface area (Å²) in [6.07, 6.45) is 2.29. The number of aryl methyl sites for hydroxylation is 1. The molecule has 30 heavy (non-hydrogen) atoms. The first-order valence-electron chi connectivity index (χ1n) is 9.54. The molecule has 8 nitrogen and oxygen atoms in total. The van der Waals surface area contributed by atoms with E-state index in [0.717, 1.165) is 47.7 Å². The second-order valence-electron chi connectivity index (χ2n) is 6.98. The molecule has 0 unspecified atom stereocenters. The van der Waals surface area contributed by atoms with Crippen LogP contribution in [-0.2, 0) is 5.75 Å². The molecule has 1 fully saturated rings. The van der Waals surface area contributed by atoms with Crippen LogP contribution in [0.3, 0.4) is 0 Å². The third kappa shape index (κ3) is 3.59. The van der Waals surface area contributed by atoms with Crippen molar-refractivity contribution in [1.82, 2.24) is 29.4 Å². The summed E-state index contributed by atoms with van der Waals surface area (Å²) in [4.78, 5) is 19.4. The van der Waals surface area contributed by atoms with Gasteiger partial charge in [-0.3, -0.25) is 9.36 Å². The van der Waals surface area contributed by atoms with Gasteiger partial charge in [-0.1, -0.05) is 46.8 Å². The van der Waals surface area contributed by atoms with Crippen LogP contribution in [0.15, 0.2) is 40.3 Å². The normalized spacial score (nSPS) is 14.1. The zero-order valence-electron chi connectivity index (χ0n) is 16.2. The molecule has 0 saturated carbocycles. The Morgan fingerprint density at radius 3 is 2.80 bits per heavy atom. The first-order valence-corrected chi connectivity index (χ1v) is 11.7. The zero-order valence-corrected chi connectivity index (χ0v) is 18.5. The largest absolute Gasteiger partial charge is 0.341 e. The van der Waals surface area contributed by atoms with Crippen molar-refractivity contribution < 1.29 is 0 Å². The topological polar surface area (TPSA) is 81.2 Å². The number of thioether (sulfide) groups is 1. The average molecular weight is 460 g/mol. The van der Waals surface area contributed by atoms with Gasteiger partial charge < -0.3 is 4.90 Å². The Hall–Kier alpha value is -2.43. The Bertz CT molecular complexity index is 1280. The Kier molecular flexibility index (Phi) is 5.21. The summed E-state index contributed by atoms with van der Waals surface area (Å²) in [6, 6.07) is 9.19. The summed E-state index contributed by atoms with van der Waals surface area (Å²) in [5.41, 5.74) is 1.38. The summed E-state index contributed by atoms with van der Waals surface area (Å²) in [5.74, 6) is 1.36. The fraction of sp³-hybridized carbons (Fsp3) is 0.316. The van der Waals surface area contributed by atoms with E-state index in [9.17, 15) is 4.79 Å². The van der Waals surface area contributed by atoms with E-state index in [-0.39, 0.29) is 5.56 Å². The molecule has 1 aliphatic heterocycles. The van der Waals surface area contributed by atoms with Gasteiger partial charge in [0.25, 0.3) is 5.56 Å². The fourth-order valence-electron chi connectivity index (χ4n) is 3.47. The van der Waals surface area contributed by atoms with Crippen LogP contribution in [0.25, 0.3) is 10.6 Å². The quantitative estimate of drug-likeness (QED) is 0.422. The lowest BCUT2D eigenvalue weighted by Crippen LogP contribution is -2.22. The lowest BCUT2D eigenvalue weighted by molar-refractivity contribution is 0.839. The predicted octanol–water partition coefficient (Wildman–Crippen LogP) is 3.59. The molecule has 0 aliphatic carbocycles. The molecule has 3 aromatic heterocycles. The van der Waals surface area contributed by atoms with Crippen LogP contribution in [0.5, 0.6) is 0 Å². The number of fused-ring (bicyclic) bond motifs is 1.